The van der Waals surface area contributed by atoms with E-state index in [0.717, 1.165) is 0 Å². The van der Waals surface area contributed by atoms with Crippen LogP contribution in [-0.4, -0.2) is 18.6 Å². The van der Waals surface area contributed by atoms with Crippen molar-refractivity contribution in [3.63, 3.8) is 0 Å². The summed E-state index contributed by atoms with van der Waals surface area (Å²) in [5.74, 6) is -0.409. The van der Waals surface area contributed by atoms with Crippen molar-refractivity contribution in [2.24, 2.45) is 0 Å². The van der Waals surface area contributed by atoms with E-state index in [0.29, 0.717) is 11.3 Å². The van der Waals surface area contributed by atoms with Gasteiger partial charge in [0, 0.05) is 6.20 Å². The Kier molecular flexibility index (Phi) is 2.84. The van der Waals surface area contributed by atoms with Crippen LogP contribution in [0.2, 0.25) is 0 Å². The summed E-state index contributed by atoms with van der Waals surface area (Å²) < 4.78 is 38.9. The Balaban J connectivity index is 2.33. The van der Waals surface area contributed by atoms with E-state index in [1.165, 1.54) is 30.6 Å². The molecule has 0 saturated heterocycles. The Hall–Kier alpha value is -1.89. The summed E-state index contributed by atoms with van der Waals surface area (Å²) in [7, 11) is -3.67. The molecule has 0 unspecified atom stereocenters. The fourth-order valence-electron chi connectivity index (χ4n) is 1.33. The summed E-state index contributed by atoms with van der Waals surface area (Å²) in [5, 5.41) is 5.98. The number of hydrogen-bond acceptors (Lipinski definition) is 3. The molecule has 0 spiro atoms. The Morgan fingerprint density at radius 2 is 2.18 bits per heavy atom. The molecule has 1 aromatic heterocycles. The summed E-state index contributed by atoms with van der Waals surface area (Å²) in [6, 6.07) is 3.83. The number of H-pyrrole nitrogens is 1. The molecule has 90 valence electrons. The SMILES string of the molecule is Cc1cc(F)ccc1NS(=O)(=O)c1cn[nH]c1. The van der Waals surface area contributed by atoms with Gasteiger partial charge in [0.05, 0.1) is 11.9 Å². The van der Waals surface area contributed by atoms with E-state index < -0.39 is 15.8 Å². The maximum absolute atomic E-state index is 12.9. The van der Waals surface area contributed by atoms with Crippen LogP contribution in [-0.2, 0) is 10.0 Å². The highest BCUT2D eigenvalue weighted by molar-refractivity contribution is 7.92. The van der Waals surface area contributed by atoms with Crippen molar-refractivity contribution >= 4 is 15.7 Å². The molecule has 0 amide bonds. The number of aromatic nitrogens is 2. The summed E-state index contributed by atoms with van der Waals surface area (Å²) in [4.78, 5) is 0.0289. The van der Waals surface area contributed by atoms with Gasteiger partial charge < -0.3 is 0 Å². The van der Waals surface area contributed by atoms with Crippen LogP contribution in [0.1, 0.15) is 5.56 Å². The first-order valence-corrected chi connectivity index (χ1v) is 6.25. The highest BCUT2D eigenvalue weighted by Gasteiger charge is 2.16. The maximum Gasteiger partial charge on any atom is 0.265 e. The first kappa shape index (κ1) is 11.6. The Morgan fingerprint density at radius 3 is 2.76 bits per heavy atom. The van der Waals surface area contributed by atoms with Crippen molar-refractivity contribution in [2.45, 2.75) is 11.8 Å². The molecular weight excluding hydrogens is 245 g/mol. The van der Waals surface area contributed by atoms with E-state index in [-0.39, 0.29) is 4.90 Å². The zero-order valence-electron chi connectivity index (χ0n) is 8.94. The minimum Gasteiger partial charge on any atom is -0.284 e. The zero-order valence-corrected chi connectivity index (χ0v) is 9.75. The van der Waals surface area contributed by atoms with Crippen molar-refractivity contribution in [1.82, 2.24) is 10.2 Å². The number of nitrogens with zero attached hydrogens (tertiary/aromatic N) is 1. The second-order valence-electron chi connectivity index (χ2n) is 3.50. The third-order valence-corrected chi connectivity index (χ3v) is 3.55. The van der Waals surface area contributed by atoms with Crippen molar-refractivity contribution in [2.75, 3.05) is 4.72 Å². The van der Waals surface area contributed by atoms with Gasteiger partial charge in [0.25, 0.3) is 10.0 Å². The molecule has 0 aliphatic heterocycles. The van der Waals surface area contributed by atoms with Gasteiger partial charge in [-0.3, -0.25) is 9.82 Å². The zero-order chi connectivity index (χ0) is 12.5. The average molecular weight is 255 g/mol. The number of halogens is 1. The number of benzene rings is 1. The Bertz CT molecular complexity index is 623. The summed E-state index contributed by atoms with van der Waals surface area (Å²) >= 11 is 0. The first-order valence-electron chi connectivity index (χ1n) is 4.77. The van der Waals surface area contributed by atoms with E-state index in [1.807, 2.05) is 0 Å². The molecule has 2 N–H and O–H groups in total. The lowest BCUT2D eigenvalue weighted by Gasteiger charge is -2.08. The lowest BCUT2D eigenvalue weighted by molar-refractivity contribution is 0.601. The highest BCUT2D eigenvalue weighted by atomic mass is 32.2. The Labute approximate surface area is 97.7 Å². The molecule has 0 aliphatic rings. The van der Waals surface area contributed by atoms with Crippen molar-refractivity contribution in [1.29, 1.82) is 0 Å². The molecule has 0 aliphatic carbocycles. The largest absolute Gasteiger partial charge is 0.284 e. The van der Waals surface area contributed by atoms with Crippen LogP contribution in [0.25, 0.3) is 0 Å². The lowest BCUT2D eigenvalue weighted by atomic mass is 10.2. The molecular formula is C10H10FN3O2S. The van der Waals surface area contributed by atoms with Gasteiger partial charge in [-0.1, -0.05) is 0 Å². The van der Waals surface area contributed by atoms with Crippen LogP contribution in [0.4, 0.5) is 10.1 Å². The topological polar surface area (TPSA) is 74.8 Å². The molecule has 0 bridgehead atoms. The predicted molar refractivity (Wildman–Crippen MR) is 60.5 cm³/mol. The van der Waals surface area contributed by atoms with Gasteiger partial charge in [0.15, 0.2) is 0 Å². The molecule has 1 heterocycles. The summed E-state index contributed by atoms with van der Waals surface area (Å²) in [6.07, 6.45) is 2.46. The van der Waals surface area contributed by atoms with E-state index in [2.05, 4.69) is 14.9 Å². The molecule has 2 aromatic rings. The molecule has 17 heavy (non-hydrogen) atoms. The van der Waals surface area contributed by atoms with E-state index >= 15 is 0 Å². The van der Waals surface area contributed by atoms with Crippen LogP contribution < -0.4 is 4.72 Å². The first-order chi connectivity index (χ1) is 7.99. The van der Waals surface area contributed by atoms with E-state index in [9.17, 15) is 12.8 Å². The number of hydrogen-bond donors (Lipinski definition) is 2. The number of nitrogens with one attached hydrogen (secondary N) is 2. The molecule has 2 rings (SSSR count). The fourth-order valence-corrected chi connectivity index (χ4v) is 2.37. The average Bonchev–Trinajstić information content (AvgIpc) is 2.76. The number of rotatable bonds is 3. The maximum atomic E-state index is 12.9. The smallest absolute Gasteiger partial charge is 0.265 e. The normalized spacial score (nSPS) is 11.4. The molecule has 0 saturated carbocycles. The number of sulfonamides is 1. The molecule has 7 heteroatoms. The van der Waals surface area contributed by atoms with Crippen LogP contribution in [0.5, 0.6) is 0 Å². The van der Waals surface area contributed by atoms with Gasteiger partial charge in [-0.05, 0) is 30.7 Å². The summed E-state index contributed by atoms with van der Waals surface area (Å²) in [5.41, 5.74) is 0.852. The number of anilines is 1. The van der Waals surface area contributed by atoms with Gasteiger partial charge in [-0.25, -0.2) is 12.8 Å². The molecule has 0 radical (unpaired) electrons. The lowest BCUT2D eigenvalue weighted by Crippen LogP contribution is -2.13. The second kappa shape index (κ2) is 4.17. The monoisotopic (exact) mass is 255 g/mol. The quantitative estimate of drug-likeness (QED) is 0.875. The molecule has 0 fully saturated rings. The van der Waals surface area contributed by atoms with Gasteiger partial charge in [0.2, 0.25) is 0 Å². The van der Waals surface area contributed by atoms with Crippen LogP contribution >= 0.6 is 0 Å². The fraction of sp³-hybridized carbons (Fsp3) is 0.100. The van der Waals surface area contributed by atoms with Crippen LogP contribution in [0.3, 0.4) is 0 Å². The van der Waals surface area contributed by atoms with Crippen molar-refractivity contribution < 1.29 is 12.8 Å². The standard InChI is InChI=1S/C10H10FN3O2S/c1-7-4-8(11)2-3-10(7)14-17(15,16)9-5-12-13-6-9/h2-6,14H,1H3,(H,12,13). The van der Waals surface area contributed by atoms with Gasteiger partial charge >= 0.3 is 0 Å². The third kappa shape index (κ3) is 2.44. The molecule has 5 nitrogen and oxygen atoms in total. The highest BCUT2D eigenvalue weighted by Crippen LogP contribution is 2.19. The number of aromatic amines is 1. The van der Waals surface area contributed by atoms with Gasteiger partial charge in [0.1, 0.15) is 10.7 Å². The van der Waals surface area contributed by atoms with E-state index in [4.69, 9.17) is 0 Å². The van der Waals surface area contributed by atoms with Gasteiger partial charge in [-0.15, -0.1) is 0 Å². The van der Waals surface area contributed by atoms with Crippen molar-refractivity contribution in [3.8, 4) is 0 Å². The molecule has 1 aromatic carbocycles. The predicted octanol–water partition coefficient (Wildman–Crippen LogP) is 1.66. The minimum atomic E-state index is -3.67. The number of aryl methyl sites for hydroxylation is 1. The van der Waals surface area contributed by atoms with Crippen molar-refractivity contribution in [3.05, 3.63) is 42.0 Å². The van der Waals surface area contributed by atoms with Crippen LogP contribution in [0.15, 0.2) is 35.5 Å². The second-order valence-corrected chi connectivity index (χ2v) is 5.18. The van der Waals surface area contributed by atoms with Crippen LogP contribution in [0, 0.1) is 12.7 Å². The summed E-state index contributed by atoms with van der Waals surface area (Å²) in [6.45, 7) is 1.62. The Morgan fingerprint density at radius 1 is 1.41 bits per heavy atom. The molecule has 0 atom stereocenters. The van der Waals surface area contributed by atoms with E-state index in [1.54, 1.807) is 6.92 Å². The third-order valence-electron chi connectivity index (χ3n) is 2.22. The van der Waals surface area contributed by atoms with Gasteiger partial charge in [-0.2, -0.15) is 5.10 Å². The minimum absolute atomic E-state index is 0.0289.